The number of benzene rings is 1. The number of aromatic nitrogens is 1. The summed E-state index contributed by atoms with van der Waals surface area (Å²) in [5, 5.41) is 3.51. The number of hydrogen-bond acceptors (Lipinski definition) is 3. The SMILES string of the molecule is C1=CC(c2ccncc2)=C(c2ccc3c(c2)CCO3)NC1.CC. The van der Waals surface area contributed by atoms with Crippen LogP contribution in [0.25, 0.3) is 11.3 Å². The first-order valence-electron chi connectivity index (χ1n) is 8.23. The van der Waals surface area contributed by atoms with Crippen LogP contribution in [0.1, 0.15) is 30.5 Å². The standard InChI is InChI=1S/C18H16N2O.C2H6/c1-2-16(13-5-9-19-10-6-13)18(20-8-1)15-3-4-17-14(12-15)7-11-21-17;1-2/h1-6,9-10,12,20H,7-8,11H2;1-2H3. The van der Waals surface area contributed by atoms with E-state index in [1.54, 1.807) is 0 Å². The van der Waals surface area contributed by atoms with Crippen LogP contribution in [0.5, 0.6) is 5.75 Å². The van der Waals surface area contributed by atoms with Gasteiger partial charge in [-0.1, -0.05) is 26.0 Å². The molecule has 0 amide bonds. The predicted octanol–water partition coefficient (Wildman–Crippen LogP) is 4.07. The molecule has 118 valence electrons. The summed E-state index contributed by atoms with van der Waals surface area (Å²) >= 11 is 0. The maximum atomic E-state index is 5.59. The lowest BCUT2D eigenvalue weighted by molar-refractivity contribution is 0.357. The van der Waals surface area contributed by atoms with Gasteiger partial charge in [0.25, 0.3) is 0 Å². The molecule has 0 unspecified atom stereocenters. The van der Waals surface area contributed by atoms with Gasteiger partial charge in [0.1, 0.15) is 5.75 Å². The Morgan fingerprint density at radius 2 is 1.87 bits per heavy atom. The van der Waals surface area contributed by atoms with Crippen molar-refractivity contribution in [3.63, 3.8) is 0 Å². The van der Waals surface area contributed by atoms with Crippen LogP contribution >= 0.6 is 0 Å². The summed E-state index contributed by atoms with van der Waals surface area (Å²) in [6.45, 7) is 5.65. The predicted molar refractivity (Wildman–Crippen MR) is 95.2 cm³/mol. The van der Waals surface area contributed by atoms with Gasteiger partial charge in [-0.15, -0.1) is 0 Å². The first kappa shape index (κ1) is 15.3. The summed E-state index contributed by atoms with van der Waals surface area (Å²) in [5.41, 5.74) is 6.09. The fraction of sp³-hybridized carbons (Fsp3) is 0.250. The average Bonchev–Trinajstić information content (AvgIpc) is 3.12. The topological polar surface area (TPSA) is 34.1 Å². The molecular weight excluding hydrogens is 284 g/mol. The molecule has 23 heavy (non-hydrogen) atoms. The van der Waals surface area contributed by atoms with Crippen molar-refractivity contribution in [1.29, 1.82) is 0 Å². The van der Waals surface area contributed by atoms with E-state index in [4.69, 9.17) is 4.74 Å². The highest BCUT2D eigenvalue weighted by Crippen LogP contribution is 2.32. The molecule has 0 bridgehead atoms. The van der Waals surface area contributed by atoms with Crippen LogP contribution in [-0.2, 0) is 6.42 Å². The second kappa shape index (κ2) is 7.14. The molecule has 2 aromatic rings. The van der Waals surface area contributed by atoms with Crippen molar-refractivity contribution in [1.82, 2.24) is 10.3 Å². The normalized spacial score (nSPS) is 15.2. The molecule has 0 saturated carbocycles. The van der Waals surface area contributed by atoms with Crippen LogP contribution < -0.4 is 10.1 Å². The lowest BCUT2D eigenvalue weighted by Gasteiger charge is -2.19. The third-order valence-corrected chi connectivity index (χ3v) is 3.92. The molecule has 2 aliphatic rings. The van der Waals surface area contributed by atoms with Crippen LogP contribution in [0.15, 0.2) is 54.9 Å². The molecule has 1 aromatic carbocycles. The fourth-order valence-electron chi connectivity index (χ4n) is 2.89. The summed E-state index contributed by atoms with van der Waals surface area (Å²) in [6, 6.07) is 10.5. The van der Waals surface area contributed by atoms with Gasteiger partial charge in [0.05, 0.1) is 6.61 Å². The van der Waals surface area contributed by atoms with E-state index in [2.05, 4.69) is 40.7 Å². The molecule has 0 radical (unpaired) electrons. The van der Waals surface area contributed by atoms with E-state index in [1.165, 1.54) is 28.0 Å². The Bertz CT molecular complexity index is 733. The number of nitrogens with one attached hydrogen (secondary N) is 1. The zero-order valence-electron chi connectivity index (χ0n) is 13.7. The van der Waals surface area contributed by atoms with Gasteiger partial charge in [-0.2, -0.15) is 0 Å². The van der Waals surface area contributed by atoms with Gasteiger partial charge in [0, 0.05) is 36.6 Å². The van der Waals surface area contributed by atoms with Crippen molar-refractivity contribution in [2.45, 2.75) is 20.3 Å². The molecule has 1 aromatic heterocycles. The number of fused-ring (bicyclic) bond motifs is 1. The molecule has 3 heterocycles. The molecule has 0 aliphatic carbocycles. The highest BCUT2D eigenvalue weighted by Gasteiger charge is 2.16. The van der Waals surface area contributed by atoms with Crippen LogP contribution in [0.4, 0.5) is 0 Å². The Kier molecular flexibility index (Phi) is 4.77. The molecule has 0 fully saturated rings. The molecule has 3 nitrogen and oxygen atoms in total. The third-order valence-electron chi connectivity index (χ3n) is 3.92. The largest absolute Gasteiger partial charge is 0.493 e. The van der Waals surface area contributed by atoms with Crippen LogP contribution in [-0.4, -0.2) is 18.1 Å². The van der Waals surface area contributed by atoms with Crippen molar-refractivity contribution in [2.75, 3.05) is 13.2 Å². The highest BCUT2D eigenvalue weighted by molar-refractivity contribution is 5.95. The molecule has 0 saturated heterocycles. The van der Waals surface area contributed by atoms with Crippen molar-refractivity contribution in [3.05, 3.63) is 71.6 Å². The van der Waals surface area contributed by atoms with Gasteiger partial charge in [0.15, 0.2) is 0 Å². The van der Waals surface area contributed by atoms with E-state index in [9.17, 15) is 0 Å². The van der Waals surface area contributed by atoms with Gasteiger partial charge in [-0.05, 0) is 47.0 Å². The molecule has 3 heteroatoms. The zero-order chi connectivity index (χ0) is 16.1. The first-order chi connectivity index (χ1) is 11.4. The average molecular weight is 306 g/mol. The van der Waals surface area contributed by atoms with Crippen LogP contribution in [0, 0.1) is 0 Å². The first-order valence-corrected chi connectivity index (χ1v) is 8.23. The van der Waals surface area contributed by atoms with E-state index in [1.807, 2.05) is 38.4 Å². The lowest BCUT2D eigenvalue weighted by Crippen LogP contribution is -2.17. The number of ether oxygens (including phenoxy) is 1. The summed E-state index contributed by atoms with van der Waals surface area (Å²) in [5.74, 6) is 1.02. The van der Waals surface area contributed by atoms with Gasteiger partial charge in [-0.25, -0.2) is 0 Å². The van der Waals surface area contributed by atoms with E-state index in [0.717, 1.165) is 25.3 Å². The van der Waals surface area contributed by atoms with Crippen LogP contribution in [0.3, 0.4) is 0 Å². The van der Waals surface area contributed by atoms with E-state index < -0.39 is 0 Å². The Hall–Kier alpha value is -2.55. The molecular formula is C20H22N2O. The van der Waals surface area contributed by atoms with Gasteiger partial charge >= 0.3 is 0 Å². The van der Waals surface area contributed by atoms with Crippen molar-refractivity contribution in [2.24, 2.45) is 0 Å². The molecule has 2 aliphatic heterocycles. The van der Waals surface area contributed by atoms with Crippen molar-refractivity contribution >= 4 is 11.3 Å². The van der Waals surface area contributed by atoms with Gasteiger partial charge in [0.2, 0.25) is 0 Å². The van der Waals surface area contributed by atoms with Crippen LogP contribution in [0.2, 0.25) is 0 Å². The second-order valence-electron chi connectivity index (χ2n) is 5.23. The minimum atomic E-state index is 0.794. The number of allylic oxidation sites excluding steroid dienone is 2. The summed E-state index contributed by atoms with van der Waals surface area (Å²) in [7, 11) is 0. The quantitative estimate of drug-likeness (QED) is 0.908. The maximum absolute atomic E-state index is 5.59. The van der Waals surface area contributed by atoms with E-state index in [-0.39, 0.29) is 0 Å². The monoisotopic (exact) mass is 306 g/mol. The minimum Gasteiger partial charge on any atom is -0.493 e. The molecule has 0 spiro atoms. The van der Waals surface area contributed by atoms with E-state index >= 15 is 0 Å². The Morgan fingerprint density at radius 1 is 1.04 bits per heavy atom. The van der Waals surface area contributed by atoms with Crippen molar-refractivity contribution in [3.8, 4) is 5.75 Å². The Morgan fingerprint density at radius 3 is 2.70 bits per heavy atom. The number of dihydropyridines is 1. The third kappa shape index (κ3) is 3.14. The number of pyridine rings is 1. The van der Waals surface area contributed by atoms with Crippen molar-refractivity contribution < 1.29 is 4.74 Å². The minimum absolute atomic E-state index is 0.794. The number of nitrogens with zero attached hydrogens (tertiary/aromatic N) is 1. The fourth-order valence-corrected chi connectivity index (χ4v) is 2.89. The molecule has 0 atom stereocenters. The lowest BCUT2D eigenvalue weighted by atomic mass is 9.96. The highest BCUT2D eigenvalue weighted by atomic mass is 16.5. The summed E-state index contributed by atoms with van der Waals surface area (Å²) < 4.78 is 5.59. The van der Waals surface area contributed by atoms with Gasteiger partial charge < -0.3 is 10.1 Å². The van der Waals surface area contributed by atoms with Gasteiger partial charge in [-0.3, -0.25) is 4.98 Å². The molecule has 1 N–H and O–H groups in total. The summed E-state index contributed by atoms with van der Waals surface area (Å²) in [4.78, 5) is 4.10. The zero-order valence-corrected chi connectivity index (χ0v) is 13.7. The smallest absolute Gasteiger partial charge is 0.122 e. The second-order valence-corrected chi connectivity index (χ2v) is 5.23. The Balaban J connectivity index is 0.000000753. The summed E-state index contributed by atoms with van der Waals surface area (Å²) in [6.07, 6.45) is 9.00. The number of hydrogen-bond donors (Lipinski definition) is 1. The Labute approximate surface area is 137 Å². The number of rotatable bonds is 2. The van der Waals surface area contributed by atoms with E-state index in [0.29, 0.717) is 0 Å². The molecule has 4 rings (SSSR count). The maximum Gasteiger partial charge on any atom is 0.122 e.